The Morgan fingerprint density at radius 1 is 1.07 bits per heavy atom. The Morgan fingerprint density at radius 3 is 2.32 bits per heavy atom. The van der Waals surface area contributed by atoms with E-state index in [9.17, 15) is 14.4 Å². The van der Waals surface area contributed by atoms with Crippen LogP contribution in [0.15, 0.2) is 18.2 Å². The van der Waals surface area contributed by atoms with Gasteiger partial charge in [-0.1, -0.05) is 20.8 Å². The average Bonchev–Trinajstić information content (AvgIpc) is 3.40. The number of carbonyl (C=O) groups is 3. The third-order valence-electron chi connectivity index (χ3n) is 4.14. The number of carbonyl (C=O) groups excluding carboxylic acids is 3. The molecule has 0 aromatic heterocycles. The van der Waals surface area contributed by atoms with Crippen molar-refractivity contribution < 1.29 is 28.6 Å². The Bertz CT molecular complexity index is 706. The molecular weight excluding hydrogens is 364 g/mol. The highest BCUT2D eigenvalue weighted by Gasteiger charge is 2.40. The molecule has 154 valence electrons. The highest BCUT2D eigenvalue weighted by atomic mass is 16.5. The van der Waals surface area contributed by atoms with E-state index in [2.05, 4.69) is 10.6 Å². The SMILES string of the molecule is CCCOc1ccc(NC(=O)NC(=O)COC(=O)[C@H]2C[C@@H]2C)cc1OCCC. The predicted octanol–water partition coefficient (Wildman–Crippen LogP) is 3.11. The molecule has 0 bridgehead atoms. The van der Waals surface area contributed by atoms with Gasteiger partial charge in [-0.15, -0.1) is 0 Å². The van der Waals surface area contributed by atoms with Crippen LogP contribution in [-0.2, 0) is 14.3 Å². The summed E-state index contributed by atoms with van der Waals surface area (Å²) in [6.07, 6.45) is 2.47. The Kier molecular flexibility index (Phi) is 8.10. The average molecular weight is 392 g/mol. The molecule has 0 radical (unpaired) electrons. The first-order chi connectivity index (χ1) is 13.4. The summed E-state index contributed by atoms with van der Waals surface area (Å²) in [4.78, 5) is 35.4. The molecule has 0 spiro atoms. The summed E-state index contributed by atoms with van der Waals surface area (Å²) < 4.78 is 16.2. The van der Waals surface area contributed by atoms with Crippen molar-refractivity contribution in [3.8, 4) is 11.5 Å². The summed E-state index contributed by atoms with van der Waals surface area (Å²) in [5, 5.41) is 4.68. The molecule has 1 aromatic rings. The van der Waals surface area contributed by atoms with Crippen LogP contribution < -0.4 is 20.1 Å². The van der Waals surface area contributed by atoms with Gasteiger partial charge in [0.1, 0.15) is 0 Å². The number of amides is 3. The van der Waals surface area contributed by atoms with Crippen LogP contribution in [0.25, 0.3) is 0 Å². The fourth-order valence-corrected chi connectivity index (χ4v) is 2.46. The summed E-state index contributed by atoms with van der Waals surface area (Å²) in [6.45, 7) is 6.53. The van der Waals surface area contributed by atoms with Crippen LogP contribution in [0, 0.1) is 11.8 Å². The van der Waals surface area contributed by atoms with Gasteiger partial charge in [0.05, 0.1) is 19.1 Å². The first kappa shape index (κ1) is 21.5. The Hall–Kier alpha value is -2.77. The van der Waals surface area contributed by atoms with Crippen LogP contribution in [0.2, 0.25) is 0 Å². The van der Waals surface area contributed by atoms with Gasteiger partial charge in [-0.3, -0.25) is 14.9 Å². The van der Waals surface area contributed by atoms with Gasteiger partial charge in [0.2, 0.25) is 0 Å². The zero-order valence-electron chi connectivity index (χ0n) is 16.6. The molecule has 2 atom stereocenters. The molecule has 0 saturated heterocycles. The lowest BCUT2D eigenvalue weighted by Crippen LogP contribution is -2.37. The maximum absolute atomic E-state index is 12.0. The quantitative estimate of drug-likeness (QED) is 0.593. The molecule has 2 rings (SSSR count). The molecule has 3 amide bonds. The van der Waals surface area contributed by atoms with E-state index >= 15 is 0 Å². The highest BCUT2D eigenvalue weighted by Crippen LogP contribution is 2.38. The molecule has 0 heterocycles. The van der Waals surface area contributed by atoms with Crippen LogP contribution in [0.3, 0.4) is 0 Å². The number of hydrogen-bond acceptors (Lipinski definition) is 6. The lowest BCUT2D eigenvalue weighted by molar-refractivity contribution is -0.149. The first-order valence-corrected chi connectivity index (χ1v) is 9.61. The molecule has 0 aliphatic heterocycles. The summed E-state index contributed by atoms with van der Waals surface area (Å²) in [5.41, 5.74) is 0.448. The number of benzene rings is 1. The van der Waals surface area contributed by atoms with E-state index in [-0.39, 0.29) is 5.92 Å². The van der Waals surface area contributed by atoms with Gasteiger partial charge < -0.3 is 19.5 Å². The van der Waals surface area contributed by atoms with Crippen molar-refractivity contribution >= 4 is 23.6 Å². The molecule has 1 saturated carbocycles. The molecule has 2 N–H and O–H groups in total. The van der Waals surface area contributed by atoms with Gasteiger partial charge in [-0.2, -0.15) is 0 Å². The summed E-state index contributed by atoms with van der Waals surface area (Å²) in [6, 6.07) is 4.28. The standard InChI is InChI=1S/C20H28N2O6/c1-4-8-26-16-7-6-14(11-17(16)27-9-5-2)21-20(25)22-18(23)12-28-19(24)15-10-13(15)3/h6-7,11,13,15H,4-5,8-10,12H2,1-3H3,(H2,21,22,23,25)/t13-,15-/m0/s1. The van der Waals surface area contributed by atoms with E-state index in [4.69, 9.17) is 14.2 Å². The van der Waals surface area contributed by atoms with Gasteiger partial charge in [0, 0.05) is 11.8 Å². The van der Waals surface area contributed by atoms with Gasteiger partial charge in [0.15, 0.2) is 18.1 Å². The topological polar surface area (TPSA) is 103 Å². The Labute approximate surface area is 164 Å². The van der Waals surface area contributed by atoms with E-state index < -0.39 is 24.5 Å². The third kappa shape index (κ3) is 6.75. The van der Waals surface area contributed by atoms with Crippen molar-refractivity contribution in [2.45, 2.75) is 40.0 Å². The van der Waals surface area contributed by atoms with E-state index in [1.165, 1.54) is 0 Å². The van der Waals surface area contributed by atoms with Crippen molar-refractivity contribution in [3.63, 3.8) is 0 Å². The van der Waals surface area contributed by atoms with Crippen LogP contribution in [0.5, 0.6) is 11.5 Å². The van der Waals surface area contributed by atoms with Crippen LogP contribution in [-0.4, -0.2) is 37.7 Å². The predicted molar refractivity (Wildman–Crippen MR) is 103 cm³/mol. The molecule has 8 nitrogen and oxygen atoms in total. The largest absolute Gasteiger partial charge is 0.490 e. The fourth-order valence-electron chi connectivity index (χ4n) is 2.46. The maximum Gasteiger partial charge on any atom is 0.325 e. The van der Waals surface area contributed by atoms with E-state index in [0.717, 1.165) is 19.3 Å². The zero-order valence-corrected chi connectivity index (χ0v) is 16.6. The smallest absolute Gasteiger partial charge is 0.325 e. The molecule has 1 aliphatic carbocycles. The molecule has 0 unspecified atom stereocenters. The number of urea groups is 1. The third-order valence-corrected chi connectivity index (χ3v) is 4.14. The molecule has 1 fully saturated rings. The van der Waals surface area contributed by atoms with Gasteiger partial charge in [0.25, 0.3) is 5.91 Å². The van der Waals surface area contributed by atoms with E-state index in [1.807, 2.05) is 20.8 Å². The first-order valence-electron chi connectivity index (χ1n) is 9.61. The summed E-state index contributed by atoms with van der Waals surface area (Å²) in [5.74, 6) is 0.197. The minimum atomic E-state index is -0.718. The second-order valence-electron chi connectivity index (χ2n) is 6.79. The number of rotatable bonds is 10. The molecule has 1 aliphatic rings. The Morgan fingerprint density at radius 2 is 1.71 bits per heavy atom. The number of ether oxygens (including phenoxy) is 3. The second kappa shape index (κ2) is 10.5. The Balaban J connectivity index is 1.85. The van der Waals surface area contributed by atoms with Crippen molar-refractivity contribution in [3.05, 3.63) is 18.2 Å². The maximum atomic E-state index is 12.0. The zero-order chi connectivity index (χ0) is 20.5. The van der Waals surface area contributed by atoms with Crippen LogP contribution in [0.4, 0.5) is 10.5 Å². The van der Waals surface area contributed by atoms with Crippen LogP contribution >= 0.6 is 0 Å². The fraction of sp³-hybridized carbons (Fsp3) is 0.550. The van der Waals surface area contributed by atoms with Crippen molar-refractivity contribution in [1.29, 1.82) is 0 Å². The van der Waals surface area contributed by atoms with Gasteiger partial charge in [-0.05, 0) is 37.3 Å². The van der Waals surface area contributed by atoms with Gasteiger partial charge >= 0.3 is 12.0 Å². The number of esters is 1. The minimum Gasteiger partial charge on any atom is -0.490 e. The lowest BCUT2D eigenvalue weighted by Gasteiger charge is -2.14. The van der Waals surface area contributed by atoms with E-state index in [0.29, 0.717) is 36.3 Å². The van der Waals surface area contributed by atoms with Gasteiger partial charge in [-0.25, -0.2) is 4.79 Å². The lowest BCUT2D eigenvalue weighted by atomic mass is 10.2. The summed E-state index contributed by atoms with van der Waals surface area (Å²) in [7, 11) is 0. The highest BCUT2D eigenvalue weighted by molar-refractivity contribution is 6.02. The van der Waals surface area contributed by atoms with E-state index in [1.54, 1.807) is 18.2 Å². The number of nitrogens with one attached hydrogen (secondary N) is 2. The molecule has 28 heavy (non-hydrogen) atoms. The summed E-state index contributed by atoms with van der Waals surface area (Å²) >= 11 is 0. The number of anilines is 1. The molecule has 8 heteroatoms. The van der Waals surface area contributed by atoms with Crippen molar-refractivity contribution in [1.82, 2.24) is 5.32 Å². The van der Waals surface area contributed by atoms with Crippen molar-refractivity contribution in [2.75, 3.05) is 25.1 Å². The van der Waals surface area contributed by atoms with Crippen molar-refractivity contribution in [2.24, 2.45) is 11.8 Å². The molecular formula is C20H28N2O6. The number of imide groups is 1. The van der Waals surface area contributed by atoms with Crippen LogP contribution in [0.1, 0.15) is 40.0 Å². The molecule has 1 aromatic carbocycles. The normalized spacial score (nSPS) is 17.4. The minimum absolute atomic E-state index is 0.128. The monoisotopic (exact) mass is 392 g/mol. The second-order valence-corrected chi connectivity index (χ2v) is 6.79. The number of hydrogen-bond donors (Lipinski definition) is 2.